The number of hydrogen-bond donors (Lipinski definition) is 2. The molecule has 1 aromatic heterocycles. The Morgan fingerprint density at radius 3 is 2.55 bits per heavy atom. The van der Waals surface area contributed by atoms with E-state index in [9.17, 15) is 4.39 Å². The molecule has 0 amide bonds. The summed E-state index contributed by atoms with van der Waals surface area (Å²) in [5.74, 6) is 1.78. The van der Waals surface area contributed by atoms with Crippen molar-refractivity contribution in [2.24, 2.45) is 5.92 Å². The Kier molecular flexibility index (Phi) is 6.84. The monoisotopic (exact) mass is 506 g/mol. The van der Waals surface area contributed by atoms with E-state index < -0.39 is 0 Å². The Balaban J connectivity index is 1.12. The van der Waals surface area contributed by atoms with E-state index in [0.717, 1.165) is 60.6 Å². The van der Waals surface area contributed by atoms with E-state index >= 15 is 0 Å². The number of hydrogen-bond acceptors (Lipinski definition) is 4. The van der Waals surface area contributed by atoms with Crippen LogP contribution in [0.3, 0.4) is 0 Å². The van der Waals surface area contributed by atoms with E-state index in [4.69, 9.17) is 10.4 Å². The summed E-state index contributed by atoms with van der Waals surface area (Å²) in [4.78, 5) is 7.62. The van der Waals surface area contributed by atoms with Gasteiger partial charge in [0.15, 0.2) is 0 Å². The number of nitrogens with one attached hydrogen (secondary N) is 2. The highest BCUT2D eigenvalue weighted by atomic mass is 19.1. The Morgan fingerprint density at radius 1 is 0.974 bits per heavy atom. The van der Waals surface area contributed by atoms with Gasteiger partial charge < -0.3 is 10.2 Å². The van der Waals surface area contributed by atoms with Gasteiger partial charge in [0, 0.05) is 41.3 Å². The second kappa shape index (κ2) is 10.6. The Labute approximate surface area is 224 Å². The third kappa shape index (κ3) is 5.42. The molecule has 2 heterocycles. The first-order chi connectivity index (χ1) is 18.5. The van der Waals surface area contributed by atoms with Crippen molar-refractivity contribution >= 4 is 28.1 Å². The van der Waals surface area contributed by atoms with E-state index in [2.05, 4.69) is 46.6 Å². The van der Waals surface area contributed by atoms with Crippen LogP contribution in [0.2, 0.25) is 0 Å². The van der Waals surface area contributed by atoms with E-state index in [-0.39, 0.29) is 5.82 Å². The molecule has 38 heavy (non-hydrogen) atoms. The molecule has 6 rings (SSSR count). The summed E-state index contributed by atoms with van der Waals surface area (Å²) in [6, 6.07) is 23.6. The molecule has 0 bridgehead atoms. The maximum atomic E-state index is 13.7. The van der Waals surface area contributed by atoms with Gasteiger partial charge in [-0.25, -0.2) is 9.37 Å². The molecule has 2 N–H and O–H groups in total. The maximum Gasteiger partial charge on any atom is 0.132 e. The lowest BCUT2D eigenvalue weighted by molar-refractivity contribution is 0.522. The fourth-order valence-corrected chi connectivity index (χ4v) is 5.68. The van der Waals surface area contributed by atoms with Crippen molar-refractivity contribution in [3.05, 3.63) is 101 Å². The van der Waals surface area contributed by atoms with E-state index in [1.165, 1.54) is 48.2 Å². The van der Waals surface area contributed by atoms with Gasteiger partial charge in [-0.2, -0.15) is 0 Å². The topological polar surface area (TPSA) is 52.0 Å². The first kappa shape index (κ1) is 24.6. The van der Waals surface area contributed by atoms with Gasteiger partial charge in [-0.05, 0) is 86.1 Å². The number of halogens is 1. The predicted molar refractivity (Wildman–Crippen MR) is 155 cm³/mol. The second-order valence-corrected chi connectivity index (χ2v) is 11.0. The van der Waals surface area contributed by atoms with Crippen LogP contribution in [0.15, 0.2) is 72.8 Å². The number of para-hydroxylation sites is 1. The Morgan fingerprint density at radius 2 is 1.79 bits per heavy atom. The number of fused-ring (bicyclic) bond motifs is 1. The molecule has 2 aliphatic rings. The Bertz CT molecular complexity index is 1470. The minimum Gasteiger partial charge on any atom is -0.382 e. The molecule has 0 unspecified atom stereocenters. The first-order valence-corrected chi connectivity index (χ1v) is 13.9. The number of piperidine rings is 1. The van der Waals surface area contributed by atoms with Crippen LogP contribution in [-0.2, 0) is 6.42 Å². The molecular weight excluding hydrogens is 471 g/mol. The third-order valence-electron chi connectivity index (χ3n) is 8.07. The summed E-state index contributed by atoms with van der Waals surface area (Å²) in [7, 11) is 0. The summed E-state index contributed by atoms with van der Waals surface area (Å²) < 4.78 is 13.7. The molecule has 0 spiro atoms. The highest BCUT2D eigenvalue weighted by Gasteiger charge is 2.25. The molecular formula is C33H35FN4. The number of benzene rings is 3. The van der Waals surface area contributed by atoms with Crippen molar-refractivity contribution in [3.63, 3.8) is 0 Å². The molecule has 0 radical (unpaired) electrons. The second-order valence-electron chi connectivity index (χ2n) is 11.0. The maximum absolute atomic E-state index is 13.7. The predicted octanol–water partition coefficient (Wildman–Crippen LogP) is 7.52. The smallest absolute Gasteiger partial charge is 0.132 e. The lowest BCUT2D eigenvalue weighted by Gasteiger charge is -2.35. The number of pyridine rings is 1. The van der Waals surface area contributed by atoms with Gasteiger partial charge in [-0.3, -0.25) is 5.41 Å². The van der Waals surface area contributed by atoms with E-state index in [1.54, 1.807) is 12.1 Å². The Hall–Kier alpha value is -3.73. The number of rotatable bonds is 8. The first-order valence-electron chi connectivity index (χ1n) is 13.9. The van der Waals surface area contributed by atoms with Crippen LogP contribution in [0.4, 0.5) is 15.9 Å². The number of aromatic nitrogens is 1. The summed E-state index contributed by atoms with van der Waals surface area (Å²) in [5.41, 5.74) is 6.35. The standard InChI is InChI=1S/C33H35FN4/c1-22-19-29(13-14-30(22)32(35)25-6-4-7-27(34)21-25)36-28-15-17-38(18-16-28)33-26(12-11-23-9-10-23)20-24-5-2-3-8-31(24)37-33/h2-8,13-14,19-21,23,28,35-36H,9-12,15-18H2,1H3. The zero-order chi connectivity index (χ0) is 26.1. The van der Waals surface area contributed by atoms with Crippen molar-refractivity contribution in [3.8, 4) is 0 Å². The van der Waals surface area contributed by atoms with Crippen molar-refractivity contribution in [1.29, 1.82) is 5.41 Å². The highest BCUT2D eigenvalue weighted by Crippen LogP contribution is 2.36. The highest BCUT2D eigenvalue weighted by molar-refractivity contribution is 6.11. The minimum absolute atomic E-state index is 0.316. The lowest BCUT2D eigenvalue weighted by atomic mass is 9.97. The van der Waals surface area contributed by atoms with Gasteiger partial charge in [-0.1, -0.05) is 49.2 Å². The molecule has 194 valence electrons. The zero-order valence-electron chi connectivity index (χ0n) is 22.0. The molecule has 1 aliphatic heterocycles. The van der Waals surface area contributed by atoms with Crippen LogP contribution >= 0.6 is 0 Å². The number of aryl methyl sites for hydroxylation is 2. The molecule has 5 heteroatoms. The molecule has 4 nitrogen and oxygen atoms in total. The van der Waals surface area contributed by atoms with Crippen LogP contribution < -0.4 is 10.2 Å². The molecule has 4 aromatic rings. The fourth-order valence-electron chi connectivity index (χ4n) is 5.68. The fraction of sp³-hybridized carbons (Fsp3) is 0.333. The lowest BCUT2D eigenvalue weighted by Crippen LogP contribution is -2.40. The summed E-state index contributed by atoms with van der Waals surface area (Å²) >= 11 is 0. The van der Waals surface area contributed by atoms with Crippen molar-refractivity contribution < 1.29 is 4.39 Å². The van der Waals surface area contributed by atoms with Gasteiger partial charge >= 0.3 is 0 Å². The van der Waals surface area contributed by atoms with Crippen molar-refractivity contribution in [2.45, 2.75) is 51.5 Å². The van der Waals surface area contributed by atoms with Crippen molar-refractivity contribution in [1.82, 2.24) is 4.98 Å². The third-order valence-corrected chi connectivity index (χ3v) is 8.07. The normalized spacial score (nSPS) is 16.1. The molecule has 0 atom stereocenters. The van der Waals surface area contributed by atoms with Gasteiger partial charge in [-0.15, -0.1) is 0 Å². The van der Waals surface area contributed by atoms with Gasteiger partial charge in [0.05, 0.1) is 11.2 Å². The molecule has 1 saturated heterocycles. The van der Waals surface area contributed by atoms with E-state index in [1.807, 2.05) is 19.1 Å². The van der Waals surface area contributed by atoms with Crippen LogP contribution in [0.1, 0.15) is 54.4 Å². The molecule has 2 fully saturated rings. The van der Waals surface area contributed by atoms with Gasteiger partial charge in [0.25, 0.3) is 0 Å². The quantitative estimate of drug-likeness (QED) is 0.243. The van der Waals surface area contributed by atoms with E-state index in [0.29, 0.717) is 17.3 Å². The molecule has 1 aliphatic carbocycles. The van der Waals surface area contributed by atoms with Crippen LogP contribution in [0.25, 0.3) is 10.9 Å². The summed E-state index contributed by atoms with van der Waals surface area (Å²) in [6.45, 7) is 3.99. The van der Waals surface area contributed by atoms with Crippen molar-refractivity contribution in [2.75, 3.05) is 23.3 Å². The average molecular weight is 507 g/mol. The average Bonchev–Trinajstić information content (AvgIpc) is 3.76. The van der Waals surface area contributed by atoms with Crippen LogP contribution in [0, 0.1) is 24.1 Å². The van der Waals surface area contributed by atoms with Crippen LogP contribution in [-0.4, -0.2) is 29.8 Å². The van der Waals surface area contributed by atoms with Gasteiger partial charge in [0.1, 0.15) is 11.6 Å². The zero-order valence-corrected chi connectivity index (χ0v) is 22.0. The number of nitrogens with zero attached hydrogens (tertiary/aromatic N) is 2. The number of anilines is 2. The largest absolute Gasteiger partial charge is 0.382 e. The molecule has 1 saturated carbocycles. The SMILES string of the molecule is Cc1cc(NC2CCN(c3nc4ccccc4cc3CCC3CC3)CC2)ccc1C(=N)c1cccc(F)c1. The minimum atomic E-state index is -0.316. The summed E-state index contributed by atoms with van der Waals surface area (Å²) in [5, 5.41) is 13.5. The summed E-state index contributed by atoms with van der Waals surface area (Å²) in [6.07, 6.45) is 7.27. The molecule has 3 aromatic carbocycles. The van der Waals surface area contributed by atoms with Crippen LogP contribution in [0.5, 0.6) is 0 Å². The van der Waals surface area contributed by atoms with Gasteiger partial charge in [0.2, 0.25) is 0 Å².